The van der Waals surface area contributed by atoms with E-state index in [4.69, 9.17) is 4.74 Å². The Morgan fingerprint density at radius 2 is 2.35 bits per heavy atom. The molecule has 2 atom stereocenters. The maximum Gasteiger partial charge on any atom is 0.0623 e. The smallest absolute Gasteiger partial charge is 0.0623 e. The predicted molar refractivity (Wildman–Crippen MR) is 71.2 cm³/mol. The monoisotopic (exact) mass is 238 g/mol. The van der Waals surface area contributed by atoms with Crippen LogP contribution in [0.5, 0.6) is 0 Å². The van der Waals surface area contributed by atoms with Gasteiger partial charge in [0, 0.05) is 31.6 Å². The Balaban J connectivity index is 1.77. The highest BCUT2D eigenvalue weighted by molar-refractivity contribution is 5.04. The molecule has 2 aliphatic heterocycles. The minimum absolute atomic E-state index is 0.571. The molecule has 0 radical (unpaired) electrons. The van der Waals surface area contributed by atoms with Gasteiger partial charge in [-0.3, -0.25) is 4.90 Å². The van der Waals surface area contributed by atoms with E-state index in [-0.39, 0.29) is 0 Å². The molecule has 1 N–H and O–H groups in total. The summed E-state index contributed by atoms with van der Waals surface area (Å²) in [7, 11) is 0. The van der Waals surface area contributed by atoms with E-state index in [0.29, 0.717) is 12.0 Å². The number of hydrogen-bond donors (Lipinski definition) is 1. The average Bonchev–Trinajstić information content (AvgIpc) is 2.77. The van der Waals surface area contributed by atoms with Gasteiger partial charge in [-0.25, -0.2) is 0 Å². The van der Waals surface area contributed by atoms with Gasteiger partial charge in [-0.2, -0.15) is 0 Å². The second-order valence-electron chi connectivity index (χ2n) is 5.42. The fraction of sp³-hybridized carbons (Fsp3) is 0.857. The molecule has 1 fully saturated rings. The minimum atomic E-state index is 0.571. The first-order chi connectivity index (χ1) is 8.29. The molecule has 0 aromatic rings. The minimum Gasteiger partial charge on any atom is -0.379 e. The summed E-state index contributed by atoms with van der Waals surface area (Å²) in [6.07, 6.45) is 4.81. The highest BCUT2D eigenvalue weighted by Gasteiger charge is 2.29. The van der Waals surface area contributed by atoms with E-state index >= 15 is 0 Å². The molecule has 3 heteroatoms. The van der Waals surface area contributed by atoms with E-state index in [1.807, 2.05) is 0 Å². The van der Waals surface area contributed by atoms with E-state index in [1.165, 1.54) is 25.9 Å². The SMILES string of the molecule is CCCNC1COCC1CN1CC=C(C)CC1. The molecule has 0 spiro atoms. The zero-order valence-corrected chi connectivity index (χ0v) is 11.2. The molecule has 3 nitrogen and oxygen atoms in total. The van der Waals surface area contributed by atoms with Gasteiger partial charge in [0.2, 0.25) is 0 Å². The van der Waals surface area contributed by atoms with E-state index in [9.17, 15) is 0 Å². The van der Waals surface area contributed by atoms with E-state index < -0.39 is 0 Å². The Morgan fingerprint density at radius 3 is 3.06 bits per heavy atom. The third kappa shape index (κ3) is 3.80. The highest BCUT2D eigenvalue weighted by Crippen LogP contribution is 2.18. The molecule has 1 saturated heterocycles. The molecule has 0 amide bonds. The molecule has 0 aliphatic carbocycles. The second-order valence-corrected chi connectivity index (χ2v) is 5.42. The van der Waals surface area contributed by atoms with Crippen LogP contribution in [0.25, 0.3) is 0 Å². The Kier molecular flexibility index (Phi) is 5.01. The van der Waals surface area contributed by atoms with Gasteiger partial charge >= 0.3 is 0 Å². The first-order valence-electron chi connectivity index (χ1n) is 6.98. The first kappa shape index (κ1) is 13.1. The summed E-state index contributed by atoms with van der Waals surface area (Å²) in [5.74, 6) is 0.674. The van der Waals surface area contributed by atoms with Crippen LogP contribution in [0.4, 0.5) is 0 Å². The molecule has 2 heterocycles. The van der Waals surface area contributed by atoms with Crippen LogP contribution >= 0.6 is 0 Å². The van der Waals surface area contributed by atoms with Crippen molar-refractivity contribution in [3.63, 3.8) is 0 Å². The van der Waals surface area contributed by atoms with Gasteiger partial charge in [0.1, 0.15) is 0 Å². The Morgan fingerprint density at radius 1 is 1.47 bits per heavy atom. The lowest BCUT2D eigenvalue weighted by atomic mass is 10.0. The molecule has 2 rings (SSSR count). The normalized spacial score (nSPS) is 30.6. The van der Waals surface area contributed by atoms with Crippen LogP contribution in [0.3, 0.4) is 0 Å². The summed E-state index contributed by atoms with van der Waals surface area (Å²) in [4.78, 5) is 2.56. The number of ether oxygens (including phenoxy) is 1. The Bertz CT molecular complexity index is 265. The summed E-state index contributed by atoms with van der Waals surface area (Å²) in [5.41, 5.74) is 1.55. The fourth-order valence-corrected chi connectivity index (χ4v) is 2.64. The quantitative estimate of drug-likeness (QED) is 0.737. The fourth-order valence-electron chi connectivity index (χ4n) is 2.64. The number of rotatable bonds is 5. The molecule has 2 unspecified atom stereocenters. The zero-order chi connectivity index (χ0) is 12.1. The molecular weight excluding hydrogens is 212 g/mol. The maximum absolute atomic E-state index is 5.62. The van der Waals surface area contributed by atoms with Crippen molar-refractivity contribution in [1.29, 1.82) is 0 Å². The van der Waals surface area contributed by atoms with Gasteiger partial charge in [0.05, 0.1) is 13.2 Å². The van der Waals surface area contributed by atoms with E-state index in [1.54, 1.807) is 5.57 Å². The molecule has 0 aromatic carbocycles. The summed E-state index contributed by atoms with van der Waals surface area (Å²) in [5, 5.41) is 3.61. The van der Waals surface area contributed by atoms with Crippen LogP contribution in [0, 0.1) is 5.92 Å². The molecular formula is C14H26N2O. The van der Waals surface area contributed by atoms with Crippen LogP contribution in [0.15, 0.2) is 11.6 Å². The van der Waals surface area contributed by atoms with Crippen LogP contribution < -0.4 is 5.32 Å². The van der Waals surface area contributed by atoms with Crippen molar-refractivity contribution in [3.8, 4) is 0 Å². The number of nitrogens with zero attached hydrogens (tertiary/aromatic N) is 1. The molecule has 0 aromatic heterocycles. The van der Waals surface area contributed by atoms with Crippen molar-refractivity contribution in [2.24, 2.45) is 5.92 Å². The Hall–Kier alpha value is -0.380. The third-order valence-electron chi connectivity index (χ3n) is 3.87. The molecule has 0 saturated carbocycles. The summed E-state index contributed by atoms with van der Waals surface area (Å²) in [6, 6.07) is 0.571. The van der Waals surface area contributed by atoms with Crippen LogP contribution in [0.1, 0.15) is 26.7 Å². The van der Waals surface area contributed by atoms with Crippen molar-refractivity contribution in [2.75, 3.05) is 39.4 Å². The standard InChI is InChI=1S/C14H26N2O/c1-3-6-15-14-11-17-10-13(14)9-16-7-4-12(2)5-8-16/h4,13-15H,3,5-11H2,1-2H3. The first-order valence-corrected chi connectivity index (χ1v) is 6.98. The van der Waals surface area contributed by atoms with Gasteiger partial charge in [-0.05, 0) is 26.3 Å². The summed E-state index contributed by atoms with van der Waals surface area (Å²) in [6.45, 7) is 10.9. The third-order valence-corrected chi connectivity index (χ3v) is 3.87. The van der Waals surface area contributed by atoms with Crippen molar-refractivity contribution in [2.45, 2.75) is 32.7 Å². The molecule has 17 heavy (non-hydrogen) atoms. The van der Waals surface area contributed by atoms with Crippen LogP contribution in [-0.4, -0.2) is 50.3 Å². The maximum atomic E-state index is 5.62. The van der Waals surface area contributed by atoms with Gasteiger partial charge in [-0.1, -0.05) is 18.6 Å². The Labute approximate surface area is 105 Å². The molecule has 0 bridgehead atoms. The lowest BCUT2D eigenvalue weighted by Crippen LogP contribution is -2.43. The van der Waals surface area contributed by atoms with Gasteiger partial charge in [0.15, 0.2) is 0 Å². The van der Waals surface area contributed by atoms with Crippen molar-refractivity contribution in [1.82, 2.24) is 10.2 Å². The van der Waals surface area contributed by atoms with Crippen molar-refractivity contribution >= 4 is 0 Å². The van der Waals surface area contributed by atoms with Gasteiger partial charge < -0.3 is 10.1 Å². The topological polar surface area (TPSA) is 24.5 Å². The molecule has 98 valence electrons. The average molecular weight is 238 g/mol. The highest BCUT2D eigenvalue weighted by atomic mass is 16.5. The van der Waals surface area contributed by atoms with Gasteiger partial charge in [0.25, 0.3) is 0 Å². The largest absolute Gasteiger partial charge is 0.379 e. The lowest BCUT2D eigenvalue weighted by molar-refractivity contribution is 0.169. The number of hydrogen-bond acceptors (Lipinski definition) is 3. The van der Waals surface area contributed by atoms with Crippen LogP contribution in [-0.2, 0) is 4.74 Å². The lowest BCUT2D eigenvalue weighted by Gasteiger charge is -2.29. The van der Waals surface area contributed by atoms with E-state index in [2.05, 4.69) is 30.1 Å². The summed E-state index contributed by atoms with van der Waals surface area (Å²) >= 11 is 0. The zero-order valence-electron chi connectivity index (χ0n) is 11.2. The van der Waals surface area contributed by atoms with E-state index in [0.717, 1.165) is 26.3 Å². The molecule has 2 aliphatic rings. The summed E-state index contributed by atoms with van der Waals surface area (Å²) < 4.78 is 5.62. The van der Waals surface area contributed by atoms with Crippen molar-refractivity contribution < 1.29 is 4.74 Å². The second kappa shape index (κ2) is 6.53. The predicted octanol–water partition coefficient (Wildman–Crippen LogP) is 1.65. The van der Waals surface area contributed by atoms with Gasteiger partial charge in [-0.15, -0.1) is 0 Å². The van der Waals surface area contributed by atoms with Crippen molar-refractivity contribution in [3.05, 3.63) is 11.6 Å². The van der Waals surface area contributed by atoms with Crippen LogP contribution in [0.2, 0.25) is 0 Å². The number of nitrogens with one attached hydrogen (secondary N) is 1.